The molecule has 3 aromatic rings. The maximum Gasteiger partial charge on any atom is 0.265 e. The molecule has 5 heteroatoms. The lowest BCUT2D eigenvalue weighted by Crippen LogP contribution is -2.37. The third kappa shape index (κ3) is 3.94. The number of imide groups is 1. The van der Waals surface area contributed by atoms with Crippen LogP contribution in [0.25, 0.3) is 0 Å². The summed E-state index contributed by atoms with van der Waals surface area (Å²) in [6.07, 6.45) is 0.0659. The van der Waals surface area contributed by atoms with E-state index in [0.717, 1.165) is 0 Å². The van der Waals surface area contributed by atoms with Crippen molar-refractivity contribution in [2.45, 2.75) is 6.10 Å². The molecule has 1 aliphatic heterocycles. The number of rotatable bonds is 6. The van der Waals surface area contributed by atoms with Gasteiger partial charge in [-0.2, -0.15) is 0 Å². The monoisotopic (exact) mass is 373 g/mol. The van der Waals surface area contributed by atoms with Crippen LogP contribution < -0.4 is 9.64 Å². The number of carbonyl (C=O) groups excluding carboxylic acids is 2. The van der Waals surface area contributed by atoms with Crippen LogP contribution in [0.4, 0.5) is 5.69 Å². The molecule has 28 heavy (non-hydrogen) atoms. The predicted molar refractivity (Wildman–Crippen MR) is 106 cm³/mol. The molecule has 0 radical (unpaired) electrons. The van der Waals surface area contributed by atoms with Crippen molar-refractivity contribution in [2.75, 3.05) is 18.1 Å². The quantitative estimate of drug-likeness (QED) is 0.485. The van der Waals surface area contributed by atoms with Gasteiger partial charge in [-0.25, -0.2) is 4.90 Å². The van der Waals surface area contributed by atoms with Gasteiger partial charge in [-0.3, -0.25) is 9.59 Å². The van der Waals surface area contributed by atoms with E-state index in [0.29, 0.717) is 35.8 Å². The molecule has 1 atom stereocenters. The zero-order valence-corrected chi connectivity index (χ0v) is 15.2. The van der Waals surface area contributed by atoms with Gasteiger partial charge in [0, 0.05) is 11.1 Å². The first-order chi connectivity index (χ1) is 13.7. The number of hydrogen-bond acceptors (Lipinski definition) is 4. The minimum atomic E-state index is -0.409. The Morgan fingerprint density at radius 1 is 0.821 bits per heavy atom. The Bertz CT molecular complexity index is 917. The van der Waals surface area contributed by atoms with Gasteiger partial charge in [0.2, 0.25) is 0 Å². The van der Waals surface area contributed by atoms with E-state index in [2.05, 4.69) is 0 Å². The van der Waals surface area contributed by atoms with Crippen molar-refractivity contribution >= 4 is 17.5 Å². The molecular weight excluding hydrogens is 354 g/mol. The lowest BCUT2D eigenvalue weighted by atomic mass is 10.1. The summed E-state index contributed by atoms with van der Waals surface area (Å²) < 4.78 is 11.0. The van der Waals surface area contributed by atoms with E-state index in [9.17, 15) is 9.59 Å². The Labute approximate surface area is 163 Å². The Hall–Kier alpha value is -3.44. The van der Waals surface area contributed by atoms with Crippen molar-refractivity contribution in [1.29, 1.82) is 0 Å². The van der Waals surface area contributed by atoms with E-state index in [-0.39, 0.29) is 6.10 Å². The molecule has 2 amide bonds. The van der Waals surface area contributed by atoms with E-state index in [4.69, 9.17) is 9.47 Å². The molecule has 0 aliphatic carbocycles. The highest BCUT2D eigenvalue weighted by molar-refractivity contribution is 6.26. The predicted octanol–water partition coefficient (Wildman–Crippen LogP) is 3.95. The molecule has 0 N–H and O–H groups in total. The van der Waals surface area contributed by atoms with Crippen LogP contribution in [-0.4, -0.2) is 31.1 Å². The van der Waals surface area contributed by atoms with Crippen LogP contribution in [0, 0.1) is 0 Å². The van der Waals surface area contributed by atoms with Crippen LogP contribution in [0.5, 0.6) is 5.75 Å². The summed E-state index contributed by atoms with van der Waals surface area (Å²) in [7, 11) is 0. The second kappa shape index (κ2) is 8.06. The van der Waals surface area contributed by atoms with Gasteiger partial charge in [-0.15, -0.1) is 0 Å². The number of nitrogens with zero attached hydrogens (tertiary/aromatic N) is 1. The van der Waals surface area contributed by atoms with Gasteiger partial charge in [-0.05, 0) is 36.4 Å². The van der Waals surface area contributed by atoms with E-state index < -0.39 is 11.8 Å². The Morgan fingerprint density at radius 3 is 1.86 bits per heavy atom. The molecular formula is C23H19NO4. The number of ether oxygens (including phenoxy) is 2. The molecule has 1 heterocycles. The maximum atomic E-state index is 13.3. The molecule has 1 unspecified atom stereocenters. The molecule has 5 nitrogen and oxygen atoms in total. The van der Waals surface area contributed by atoms with Crippen LogP contribution in [-0.2, 0) is 4.74 Å². The van der Waals surface area contributed by atoms with Crippen molar-refractivity contribution in [3.8, 4) is 5.75 Å². The smallest absolute Gasteiger partial charge is 0.265 e. The summed E-state index contributed by atoms with van der Waals surface area (Å²) in [5.74, 6) is -0.354. The molecule has 0 spiro atoms. The van der Waals surface area contributed by atoms with Gasteiger partial charge in [0.1, 0.15) is 18.5 Å². The van der Waals surface area contributed by atoms with E-state index >= 15 is 0 Å². The Morgan fingerprint density at radius 2 is 1.32 bits per heavy atom. The second-order valence-corrected chi connectivity index (χ2v) is 6.41. The molecule has 4 rings (SSSR count). The van der Waals surface area contributed by atoms with Crippen molar-refractivity contribution in [3.63, 3.8) is 0 Å². The van der Waals surface area contributed by atoms with Gasteiger partial charge in [0.15, 0.2) is 0 Å². The Kier molecular flexibility index (Phi) is 5.17. The molecule has 0 saturated carbocycles. The summed E-state index contributed by atoms with van der Waals surface area (Å²) >= 11 is 0. The molecule has 1 saturated heterocycles. The number of amides is 2. The lowest BCUT2D eigenvalue weighted by molar-refractivity contribution is 0.0896. The highest BCUT2D eigenvalue weighted by atomic mass is 16.6. The van der Waals surface area contributed by atoms with Crippen LogP contribution in [0.1, 0.15) is 20.7 Å². The van der Waals surface area contributed by atoms with Crippen LogP contribution in [0.3, 0.4) is 0 Å². The summed E-state index contributed by atoms with van der Waals surface area (Å²) in [5.41, 5.74) is 1.25. The highest BCUT2D eigenvalue weighted by Crippen LogP contribution is 2.31. The molecule has 1 aliphatic rings. The highest BCUT2D eigenvalue weighted by Gasteiger charge is 2.29. The third-order valence-electron chi connectivity index (χ3n) is 4.38. The van der Waals surface area contributed by atoms with Gasteiger partial charge < -0.3 is 9.47 Å². The largest absolute Gasteiger partial charge is 0.489 e. The van der Waals surface area contributed by atoms with E-state index in [1.54, 1.807) is 66.7 Å². The average Bonchev–Trinajstić information content (AvgIpc) is 3.59. The van der Waals surface area contributed by atoms with Crippen molar-refractivity contribution in [1.82, 2.24) is 0 Å². The molecule has 140 valence electrons. The average molecular weight is 373 g/mol. The van der Waals surface area contributed by atoms with Gasteiger partial charge >= 0.3 is 0 Å². The lowest BCUT2D eigenvalue weighted by Gasteiger charge is -2.23. The first kappa shape index (κ1) is 17.9. The summed E-state index contributed by atoms with van der Waals surface area (Å²) in [4.78, 5) is 27.7. The van der Waals surface area contributed by atoms with Crippen LogP contribution in [0.2, 0.25) is 0 Å². The standard InChI is InChI=1S/C23H19NO4/c25-22(17-9-3-1-4-10-17)24(23(26)18-11-5-2-6-12-18)20-13-7-8-14-21(20)28-16-19-15-27-19/h1-14,19H,15-16H2. The number of benzene rings is 3. The van der Waals surface area contributed by atoms with Crippen LogP contribution in [0.15, 0.2) is 84.9 Å². The Balaban J connectivity index is 1.75. The first-order valence-corrected chi connectivity index (χ1v) is 9.06. The van der Waals surface area contributed by atoms with Crippen molar-refractivity contribution in [3.05, 3.63) is 96.1 Å². The minimum Gasteiger partial charge on any atom is -0.489 e. The second-order valence-electron chi connectivity index (χ2n) is 6.41. The zero-order valence-electron chi connectivity index (χ0n) is 15.2. The zero-order chi connectivity index (χ0) is 19.3. The number of carbonyl (C=O) groups is 2. The number of hydrogen-bond donors (Lipinski definition) is 0. The number of epoxide rings is 1. The van der Waals surface area contributed by atoms with Gasteiger partial charge in [0.05, 0.1) is 12.3 Å². The molecule has 1 fully saturated rings. The van der Waals surface area contributed by atoms with Crippen molar-refractivity contribution in [2.24, 2.45) is 0 Å². The summed E-state index contributed by atoms with van der Waals surface area (Å²) in [6, 6.07) is 24.5. The topological polar surface area (TPSA) is 59.1 Å². The van der Waals surface area contributed by atoms with Crippen molar-refractivity contribution < 1.29 is 19.1 Å². The van der Waals surface area contributed by atoms with Gasteiger partial charge in [0.25, 0.3) is 11.8 Å². The minimum absolute atomic E-state index is 0.0659. The fourth-order valence-electron chi connectivity index (χ4n) is 2.84. The number of para-hydroxylation sites is 2. The van der Waals surface area contributed by atoms with E-state index in [1.165, 1.54) is 4.90 Å². The normalized spacial score (nSPS) is 14.9. The fourth-order valence-corrected chi connectivity index (χ4v) is 2.84. The summed E-state index contributed by atoms with van der Waals surface area (Å²) in [5, 5.41) is 0. The maximum absolute atomic E-state index is 13.3. The molecule has 3 aromatic carbocycles. The third-order valence-corrected chi connectivity index (χ3v) is 4.38. The molecule has 0 bridgehead atoms. The first-order valence-electron chi connectivity index (χ1n) is 9.06. The SMILES string of the molecule is O=C(c1ccccc1)N(C(=O)c1ccccc1)c1ccccc1OCC1CO1. The van der Waals surface area contributed by atoms with E-state index in [1.807, 2.05) is 18.2 Å². The number of anilines is 1. The fraction of sp³-hybridized carbons (Fsp3) is 0.130. The van der Waals surface area contributed by atoms with Gasteiger partial charge in [-0.1, -0.05) is 48.5 Å². The molecule has 0 aromatic heterocycles. The summed E-state index contributed by atoms with van der Waals surface area (Å²) in [6.45, 7) is 1.04. The van der Waals surface area contributed by atoms with Crippen LogP contribution >= 0.6 is 0 Å².